The van der Waals surface area contributed by atoms with Gasteiger partial charge in [-0.3, -0.25) is 0 Å². The second kappa shape index (κ2) is 9.67. The SMILES string of the molecule is CCC(=C(c1ccc(/C=C/c2nn[nH]n2)cc1)c1ccc2scnc2c1)c1ccc(F)cc1Cl. The van der Waals surface area contributed by atoms with E-state index in [1.807, 2.05) is 23.7 Å². The molecular formula is C26H19ClFN5S. The van der Waals surface area contributed by atoms with Crippen molar-refractivity contribution in [2.75, 3.05) is 0 Å². The van der Waals surface area contributed by atoms with Crippen molar-refractivity contribution >= 4 is 56.5 Å². The summed E-state index contributed by atoms with van der Waals surface area (Å²) in [7, 11) is 0. The first-order chi connectivity index (χ1) is 16.6. The van der Waals surface area contributed by atoms with E-state index in [1.165, 1.54) is 12.1 Å². The molecule has 0 saturated carbocycles. The molecule has 0 fully saturated rings. The summed E-state index contributed by atoms with van der Waals surface area (Å²) in [5.41, 5.74) is 8.75. The third-order valence-electron chi connectivity index (χ3n) is 5.52. The fourth-order valence-electron chi connectivity index (χ4n) is 3.94. The number of nitrogens with zero attached hydrogens (tertiary/aromatic N) is 4. The smallest absolute Gasteiger partial charge is 0.197 e. The summed E-state index contributed by atoms with van der Waals surface area (Å²) in [5.74, 6) is 0.160. The van der Waals surface area contributed by atoms with Gasteiger partial charge < -0.3 is 0 Å². The van der Waals surface area contributed by atoms with Crippen LogP contribution in [0.15, 0.2) is 66.2 Å². The second-order valence-electron chi connectivity index (χ2n) is 7.59. The molecular weight excluding hydrogens is 469 g/mol. The van der Waals surface area contributed by atoms with Gasteiger partial charge in [-0.05, 0) is 75.4 Å². The summed E-state index contributed by atoms with van der Waals surface area (Å²) in [4.78, 5) is 4.50. The number of aromatic amines is 1. The van der Waals surface area contributed by atoms with Crippen molar-refractivity contribution in [1.82, 2.24) is 25.6 Å². The van der Waals surface area contributed by atoms with Crippen molar-refractivity contribution in [1.29, 1.82) is 0 Å². The van der Waals surface area contributed by atoms with Gasteiger partial charge >= 0.3 is 0 Å². The second-order valence-corrected chi connectivity index (χ2v) is 8.89. The molecule has 2 aromatic heterocycles. The molecule has 0 aliphatic heterocycles. The molecule has 0 spiro atoms. The first kappa shape index (κ1) is 22.1. The lowest BCUT2D eigenvalue weighted by Crippen LogP contribution is -1.96. The van der Waals surface area contributed by atoms with E-state index in [9.17, 15) is 4.39 Å². The number of tetrazole rings is 1. The average Bonchev–Trinajstić information content (AvgIpc) is 3.54. The molecule has 5 aromatic rings. The highest BCUT2D eigenvalue weighted by Crippen LogP contribution is 2.38. The van der Waals surface area contributed by atoms with E-state index in [1.54, 1.807) is 23.5 Å². The lowest BCUT2D eigenvalue weighted by atomic mass is 9.87. The Balaban J connectivity index is 1.65. The van der Waals surface area contributed by atoms with Crippen LogP contribution in [0.3, 0.4) is 0 Å². The number of allylic oxidation sites excluding steroid dienone is 1. The molecule has 0 atom stereocenters. The predicted octanol–water partition coefficient (Wildman–Crippen LogP) is 7.14. The maximum absolute atomic E-state index is 13.8. The van der Waals surface area contributed by atoms with Gasteiger partial charge in [0, 0.05) is 0 Å². The summed E-state index contributed by atoms with van der Waals surface area (Å²) in [6, 6.07) is 19.1. The summed E-state index contributed by atoms with van der Waals surface area (Å²) in [6.45, 7) is 2.08. The zero-order valence-corrected chi connectivity index (χ0v) is 19.7. The zero-order chi connectivity index (χ0) is 23.5. The third kappa shape index (κ3) is 4.53. The van der Waals surface area contributed by atoms with Crippen LogP contribution in [0.5, 0.6) is 0 Å². The maximum atomic E-state index is 13.8. The molecule has 0 radical (unpaired) electrons. The number of thiazole rings is 1. The molecule has 8 heteroatoms. The van der Waals surface area contributed by atoms with Crippen LogP contribution in [-0.4, -0.2) is 25.6 Å². The van der Waals surface area contributed by atoms with Crippen molar-refractivity contribution in [3.8, 4) is 0 Å². The fraction of sp³-hybridized carbons (Fsp3) is 0.0769. The standard InChI is InChI=1S/C26H19ClFN5S/c1-2-20(21-10-9-19(28)14-22(21)27)26(18-8-11-24-23(13-18)29-15-34-24)17-6-3-16(4-7-17)5-12-25-30-32-33-31-25/h3-15H,2H2,1H3,(H,30,31,32,33)/b12-5+,26-20?. The van der Waals surface area contributed by atoms with Crippen LogP contribution >= 0.6 is 22.9 Å². The minimum Gasteiger partial charge on any atom is -0.245 e. The summed E-state index contributed by atoms with van der Waals surface area (Å²) in [5, 5.41) is 14.3. The van der Waals surface area contributed by atoms with Crippen molar-refractivity contribution in [3.63, 3.8) is 0 Å². The Kier molecular flexibility index (Phi) is 6.29. The van der Waals surface area contributed by atoms with E-state index >= 15 is 0 Å². The van der Waals surface area contributed by atoms with Crippen molar-refractivity contribution < 1.29 is 4.39 Å². The van der Waals surface area contributed by atoms with E-state index in [4.69, 9.17) is 11.6 Å². The van der Waals surface area contributed by atoms with Gasteiger partial charge in [0.1, 0.15) is 5.82 Å². The number of halogens is 2. The predicted molar refractivity (Wildman–Crippen MR) is 137 cm³/mol. The van der Waals surface area contributed by atoms with Crippen LogP contribution in [0.1, 0.15) is 41.4 Å². The van der Waals surface area contributed by atoms with Gasteiger partial charge in [0.25, 0.3) is 0 Å². The Bertz CT molecular complexity index is 1500. The molecule has 0 aliphatic rings. The van der Waals surface area contributed by atoms with Crippen LogP contribution in [0.25, 0.3) is 33.5 Å². The minimum atomic E-state index is -0.354. The monoisotopic (exact) mass is 487 g/mol. The number of nitrogens with one attached hydrogen (secondary N) is 1. The molecule has 3 aromatic carbocycles. The quantitative estimate of drug-likeness (QED) is 0.258. The van der Waals surface area contributed by atoms with E-state index in [2.05, 4.69) is 62.9 Å². The highest BCUT2D eigenvalue weighted by Gasteiger charge is 2.16. The van der Waals surface area contributed by atoms with E-state index in [0.717, 1.165) is 50.0 Å². The van der Waals surface area contributed by atoms with Crippen molar-refractivity contribution in [3.05, 3.63) is 105 Å². The molecule has 0 saturated heterocycles. The van der Waals surface area contributed by atoms with Crippen LogP contribution < -0.4 is 0 Å². The average molecular weight is 488 g/mol. The highest BCUT2D eigenvalue weighted by molar-refractivity contribution is 7.16. The summed E-state index contributed by atoms with van der Waals surface area (Å²) < 4.78 is 14.9. The third-order valence-corrected chi connectivity index (χ3v) is 6.64. The Morgan fingerprint density at radius 1 is 1.03 bits per heavy atom. The molecule has 168 valence electrons. The molecule has 5 rings (SSSR count). The van der Waals surface area contributed by atoms with Crippen molar-refractivity contribution in [2.45, 2.75) is 13.3 Å². The molecule has 2 heterocycles. The first-order valence-electron chi connectivity index (χ1n) is 10.7. The number of benzene rings is 3. The Hall–Kier alpha value is -3.68. The number of aromatic nitrogens is 5. The number of hydrogen-bond acceptors (Lipinski definition) is 5. The number of fused-ring (bicyclic) bond motifs is 1. The number of H-pyrrole nitrogens is 1. The van der Waals surface area contributed by atoms with Crippen LogP contribution in [0, 0.1) is 5.82 Å². The molecule has 0 unspecified atom stereocenters. The van der Waals surface area contributed by atoms with Gasteiger partial charge in [-0.15, -0.1) is 21.5 Å². The van der Waals surface area contributed by atoms with Crippen LogP contribution in [0.4, 0.5) is 4.39 Å². The lowest BCUT2D eigenvalue weighted by molar-refractivity contribution is 0.628. The minimum absolute atomic E-state index is 0.354. The fourth-order valence-corrected chi connectivity index (χ4v) is 4.88. The van der Waals surface area contributed by atoms with Gasteiger partial charge in [0.2, 0.25) is 0 Å². The first-order valence-corrected chi connectivity index (χ1v) is 11.9. The van der Waals surface area contributed by atoms with Gasteiger partial charge in [-0.2, -0.15) is 5.21 Å². The molecule has 5 nitrogen and oxygen atoms in total. The van der Waals surface area contributed by atoms with Crippen molar-refractivity contribution in [2.24, 2.45) is 0 Å². The summed E-state index contributed by atoms with van der Waals surface area (Å²) in [6.07, 6.45) is 4.44. The molecule has 0 amide bonds. The van der Waals surface area contributed by atoms with Gasteiger partial charge in [-0.1, -0.05) is 61.0 Å². The lowest BCUT2D eigenvalue weighted by Gasteiger charge is -2.17. The highest BCUT2D eigenvalue weighted by atomic mass is 35.5. The Morgan fingerprint density at radius 2 is 1.85 bits per heavy atom. The van der Waals surface area contributed by atoms with Gasteiger partial charge in [-0.25, -0.2) is 9.37 Å². The Morgan fingerprint density at radius 3 is 2.59 bits per heavy atom. The molecule has 34 heavy (non-hydrogen) atoms. The maximum Gasteiger partial charge on any atom is 0.197 e. The molecule has 0 bridgehead atoms. The Labute approximate surface area is 204 Å². The van der Waals surface area contributed by atoms with Crippen LogP contribution in [-0.2, 0) is 0 Å². The van der Waals surface area contributed by atoms with Crippen LogP contribution in [0.2, 0.25) is 5.02 Å². The molecule has 0 aliphatic carbocycles. The topological polar surface area (TPSA) is 67.3 Å². The van der Waals surface area contributed by atoms with E-state index < -0.39 is 0 Å². The normalized spacial score (nSPS) is 12.4. The number of hydrogen-bond donors (Lipinski definition) is 1. The zero-order valence-electron chi connectivity index (χ0n) is 18.2. The van der Waals surface area contributed by atoms with Gasteiger partial charge in [0.15, 0.2) is 5.82 Å². The van der Waals surface area contributed by atoms with E-state index in [0.29, 0.717) is 10.8 Å². The molecule has 1 N–H and O–H groups in total. The van der Waals surface area contributed by atoms with Gasteiger partial charge in [0.05, 0.1) is 20.7 Å². The number of rotatable bonds is 6. The summed E-state index contributed by atoms with van der Waals surface area (Å²) >= 11 is 8.11. The largest absolute Gasteiger partial charge is 0.245 e. The van der Waals surface area contributed by atoms with E-state index in [-0.39, 0.29) is 5.82 Å².